The molecule has 0 N–H and O–H groups in total. The summed E-state index contributed by atoms with van der Waals surface area (Å²) in [4.78, 5) is 0. The van der Waals surface area contributed by atoms with Crippen LogP contribution in [0.4, 0.5) is 0 Å². The van der Waals surface area contributed by atoms with Crippen LogP contribution in [0, 0.1) is 0 Å². The van der Waals surface area contributed by atoms with Crippen molar-refractivity contribution in [3.05, 3.63) is 12.4 Å². The van der Waals surface area contributed by atoms with Gasteiger partial charge in [-0.15, -0.1) is 0 Å². The van der Waals surface area contributed by atoms with Gasteiger partial charge in [-0.05, 0) is 34.6 Å². The van der Waals surface area contributed by atoms with Crippen molar-refractivity contribution in [2.45, 2.75) is 46.3 Å². The van der Waals surface area contributed by atoms with E-state index < -0.39 is 0 Å². The van der Waals surface area contributed by atoms with Crippen LogP contribution in [0.3, 0.4) is 0 Å². The summed E-state index contributed by atoms with van der Waals surface area (Å²) in [6.07, 6.45) is 3.64. The third-order valence-electron chi connectivity index (χ3n) is 1.99. The molecule has 0 aliphatic rings. The molecule has 0 unspecified atom stereocenters. The molecule has 92 valence electrons. The third kappa shape index (κ3) is 4.66. The molecule has 16 heavy (non-hydrogen) atoms. The lowest BCUT2D eigenvalue weighted by molar-refractivity contribution is -0.0163. The van der Waals surface area contributed by atoms with Crippen molar-refractivity contribution in [2.75, 3.05) is 13.2 Å². The van der Waals surface area contributed by atoms with Crippen molar-refractivity contribution in [2.24, 2.45) is 0 Å². The number of hydrogen-bond acceptors (Lipinski definition) is 3. The monoisotopic (exact) mass is 226 g/mol. The smallest absolute Gasteiger partial charge is 0.157 e. The van der Waals surface area contributed by atoms with Crippen LogP contribution in [0.1, 0.15) is 40.7 Å². The fourth-order valence-corrected chi connectivity index (χ4v) is 1.18. The highest BCUT2D eigenvalue weighted by Crippen LogP contribution is 2.12. The van der Waals surface area contributed by atoms with Crippen LogP contribution in [0.5, 0.6) is 5.75 Å². The standard InChI is InChI=1S/C12H22N2O2/c1-10(2)14-9-11(8-13-14)15-6-7-16-12(3,4)5/h8-10H,6-7H2,1-5H3. The molecule has 0 bridgehead atoms. The number of hydrogen-bond donors (Lipinski definition) is 0. The zero-order valence-corrected chi connectivity index (χ0v) is 10.9. The van der Waals surface area contributed by atoms with Crippen molar-refractivity contribution < 1.29 is 9.47 Å². The summed E-state index contributed by atoms with van der Waals surface area (Å²) in [6, 6.07) is 0.364. The van der Waals surface area contributed by atoms with Crippen molar-refractivity contribution in [1.29, 1.82) is 0 Å². The van der Waals surface area contributed by atoms with Crippen molar-refractivity contribution in [3.63, 3.8) is 0 Å². The molecule has 0 fully saturated rings. The SMILES string of the molecule is CC(C)n1cc(OCCOC(C)(C)C)cn1. The zero-order valence-electron chi connectivity index (χ0n) is 10.9. The van der Waals surface area contributed by atoms with E-state index in [1.54, 1.807) is 6.20 Å². The van der Waals surface area contributed by atoms with Crippen LogP contribution in [-0.4, -0.2) is 28.6 Å². The Hall–Kier alpha value is -1.03. The summed E-state index contributed by atoms with van der Waals surface area (Å²) in [6.45, 7) is 11.4. The van der Waals surface area contributed by atoms with Gasteiger partial charge in [0.2, 0.25) is 0 Å². The van der Waals surface area contributed by atoms with Crippen molar-refractivity contribution >= 4 is 0 Å². The highest BCUT2D eigenvalue weighted by atomic mass is 16.5. The Bertz CT molecular complexity index is 313. The van der Waals surface area contributed by atoms with Gasteiger partial charge in [0, 0.05) is 6.04 Å². The van der Waals surface area contributed by atoms with E-state index in [0.717, 1.165) is 5.75 Å². The van der Waals surface area contributed by atoms with E-state index in [1.165, 1.54) is 0 Å². The molecule has 0 aromatic carbocycles. The van der Waals surface area contributed by atoms with Crippen LogP contribution in [0.25, 0.3) is 0 Å². The molecule has 1 heterocycles. The fraction of sp³-hybridized carbons (Fsp3) is 0.750. The molecule has 0 atom stereocenters. The van der Waals surface area contributed by atoms with Gasteiger partial charge >= 0.3 is 0 Å². The quantitative estimate of drug-likeness (QED) is 0.724. The second kappa shape index (κ2) is 5.34. The predicted octanol–water partition coefficient (Wildman–Crippen LogP) is 2.66. The van der Waals surface area contributed by atoms with Gasteiger partial charge in [-0.3, -0.25) is 4.68 Å². The summed E-state index contributed by atoms with van der Waals surface area (Å²) in [5.41, 5.74) is -0.106. The van der Waals surface area contributed by atoms with E-state index in [1.807, 2.05) is 31.6 Å². The van der Waals surface area contributed by atoms with Gasteiger partial charge in [0.05, 0.1) is 24.6 Å². The lowest BCUT2D eigenvalue weighted by Crippen LogP contribution is -2.22. The maximum absolute atomic E-state index is 5.55. The minimum Gasteiger partial charge on any atom is -0.488 e. The third-order valence-corrected chi connectivity index (χ3v) is 1.99. The summed E-state index contributed by atoms with van der Waals surface area (Å²) in [5, 5.41) is 4.19. The van der Waals surface area contributed by atoms with Gasteiger partial charge in [-0.25, -0.2) is 0 Å². The lowest BCUT2D eigenvalue weighted by atomic mass is 10.2. The summed E-state index contributed by atoms with van der Waals surface area (Å²) in [7, 11) is 0. The average molecular weight is 226 g/mol. The lowest BCUT2D eigenvalue weighted by Gasteiger charge is -2.19. The first-order chi connectivity index (χ1) is 7.38. The Morgan fingerprint density at radius 1 is 1.31 bits per heavy atom. The average Bonchev–Trinajstić information content (AvgIpc) is 2.59. The zero-order chi connectivity index (χ0) is 12.2. The van der Waals surface area contributed by atoms with E-state index in [-0.39, 0.29) is 5.60 Å². The molecule has 0 aliphatic heterocycles. The predicted molar refractivity (Wildman–Crippen MR) is 63.8 cm³/mol. The summed E-state index contributed by atoms with van der Waals surface area (Å²) >= 11 is 0. The molecule has 1 aromatic rings. The van der Waals surface area contributed by atoms with Gasteiger partial charge in [0.15, 0.2) is 5.75 Å². The Morgan fingerprint density at radius 3 is 2.50 bits per heavy atom. The van der Waals surface area contributed by atoms with Crippen LogP contribution in [0.2, 0.25) is 0 Å². The van der Waals surface area contributed by atoms with Crippen LogP contribution < -0.4 is 4.74 Å². The highest BCUT2D eigenvalue weighted by Gasteiger charge is 2.09. The molecule has 0 spiro atoms. The molecular weight excluding hydrogens is 204 g/mol. The van der Waals surface area contributed by atoms with Crippen LogP contribution in [0.15, 0.2) is 12.4 Å². The van der Waals surface area contributed by atoms with Crippen LogP contribution >= 0.6 is 0 Å². The molecular formula is C12H22N2O2. The first kappa shape index (κ1) is 13.0. The Kier molecular flexibility index (Phi) is 4.35. The first-order valence-corrected chi connectivity index (χ1v) is 5.69. The topological polar surface area (TPSA) is 36.3 Å². The second-order valence-electron chi connectivity index (χ2n) is 5.06. The fourth-order valence-electron chi connectivity index (χ4n) is 1.18. The van der Waals surface area contributed by atoms with E-state index in [4.69, 9.17) is 9.47 Å². The Balaban J connectivity index is 2.27. The molecule has 0 saturated carbocycles. The Labute approximate surface area is 97.6 Å². The van der Waals surface area contributed by atoms with Crippen LogP contribution in [-0.2, 0) is 4.74 Å². The van der Waals surface area contributed by atoms with E-state index in [0.29, 0.717) is 19.3 Å². The molecule has 0 aliphatic carbocycles. The minimum atomic E-state index is -0.106. The minimum absolute atomic E-state index is 0.106. The first-order valence-electron chi connectivity index (χ1n) is 5.69. The number of rotatable bonds is 5. The van der Waals surface area contributed by atoms with Crippen molar-refractivity contribution in [1.82, 2.24) is 9.78 Å². The van der Waals surface area contributed by atoms with Crippen molar-refractivity contribution in [3.8, 4) is 5.75 Å². The maximum atomic E-state index is 5.55. The molecule has 1 aromatic heterocycles. The largest absolute Gasteiger partial charge is 0.488 e. The molecule has 0 saturated heterocycles. The molecule has 0 amide bonds. The molecule has 4 nitrogen and oxygen atoms in total. The highest BCUT2D eigenvalue weighted by molar-refractivity contribution is 5.11. The van der Waals surface area contributed by atoms with Gasteiger partial charge in [-0.1, -0.05) is 0 Å². The van der Waals surface area contributed by atoms with E-state index in [9.17, 15) is 0 Å². The summed E-state index contributed by atoms with van der Waals surface area (Å²) in [5.74, 6) is 0.797. The van der Waals surface area contributed by atoms with E-state index >= 15 is 0 Å². The second-order valence-corrected chi connectivity index (χ2v) is 5.06. The van der Waals surface area contributed by atoms with E-state index in [2.05, 4.69) is 18.9 Å². The number of nitrogens with zero attached hydrogens (tertiary/aromatic N) is 2. The Morgan fingerprint density at radius 2 is 2.00 bits per heavy atom. The number of aromatic nitrogens is 2. The molecule has 1 rings (SSSR count). The normalized spacial score (nSPS) is 12.1. The molecule has 0 radical (unpaired) electrons. The van der Waals surface area contributed by atoms with Gasteiger partial charge in [0.25, 0.3) is 0 Å². The molecule has 4 heteroatoms. The maximum Gasteiger partial charge on any atom is 0.157 e. The number of ether oxygens (including phenoxy) is 2. The summed E-state index contributed by atoms with van der Waals surface area (Å²) < 4.78 is 13.0. The van der Waals surface area contributed by atoms with Gasteiger partial charge in [0.1, 0.15) is 6.61 Å². The van der Waals surface area contributed by atoms with Gasteiger partial charge in [-0.2, -0.15) is 5.10 Å². The van der Waals surface area contributed by atoms with Gasteiger partial charge < -0.3 is 9.47 Å².